The lowest BCUT2D eigenvalue weighted by molar-refractivity contribution is -0.121. The first-order valence-electron chi connectivity index (χ1n) is 16.2. The van der Waals surface area contributed by atoms with Gasteiger partial charge in [-0.25, -0.2) is 9.59 Å². The van der Waals surface area contributed by atoms with Crippen LogP contribution in [0.15, 0.2) is 0 Å². The fourth-order valence-electron chi connectivity index (χ4n) is 6.25. The predicted molar refractivity (Wildman–Crippen MR) is 160 cm³/mol. The fraction of sp³-hybridized carbons (Fsp3) is 0.900. The monoisotopic (exact) mass is 566 g/mol. The van der Waals surface area contributed by atoms with E-state index in [1.54, 1.807) is 0 Å². The molecule has 10 nitrogen and oxygen atoms in total. The molecule has 10 heteroatoms. The Bertz CT molecular complexity index is 682. The van der Waals surface area contributed by atoms with E-state index >= 15 is 0 Å². The maximum atomic E-state index is 11.7. The molecule has 2 aliphatic carbocycles. The normalized spacial score (nSPS) is 20.2. The zero-order chi connectivity index (χ0) is 28.8. The second-order valence-corrected chi connectivity index (χ2v) is 11.9. The van der Waals surface area contributed by atoms with E-state index in [1.807, 2.05) is 0 Å². The highest BCUT2D eigenvalue weighted by Gasteiger charge is 2.17. The van der Waals surface area contributed by atoms with E-state index in [1.165, 1.54) is 96.8 Å². The van der Waals surface area contributed by atoms with Gasteiger partial charge < -0.3 is 36.6 Å². The molecule has 0 aromatic carbocycles. The van der Waals surface area contributed by atoms with Crippen molar-refractivity contribution in [3.8, 4) is 0 Å². The number of carbonyl (C=O) groups excluding carboxylic acids is 2. The molecule has 0 spiro atoms. The number of primary amides is 1. The van der Waals surface area contributed by atoms with Gasteiger partial charge in [0.1, 0.15) is 0 Å². The number of carbonyl (C=O) groups is 3. The van der Waals surface area contributed by atoms with Gasteiger partial charge in [0.25, 0.3) is 0 Å². The number of hydrogen-bond donors (Lipinski definition) is 5. The number of nitrogens with two attached hydrogens (primary N) is 1. The van der Waals surface area contributed by atoms with Crippen molar-refractivity contribution in [1.82, 2.24) is 25.8 Å². The molecular formula is C30H58N6O4. The summed E-state index contributed by atoms with van der Waals surface area (Å²) in [6.45, 7) is 8.95. The molecule has 0 aromatic rings. The summed E-state index contributed by atoms with van der Waals surface area (Å²) in [6, 6.07) is 0.445. The number of urea groups is 1. The molecule has 2 heterocycles. The summed E-state index contributed by atoms with van der Waals surface area (Å²) in [5.74, 6) is 1.10. The van der Waals surface area contributed by atoms with Crippen LogP contribution in [0.1, 0.15) is 109 Å². The van der Waals surface area contributed by atoms with E-state index in [2.05, 4.69) is 31.5 Å². The molecule has 232 valence electrons. The number of likely N-dealkylation sites (tertiary alicyclic amines) is 2. The Morgan fingerprint density at radius 3 is 1.70 bits per heavy atom. The molecule has 4 fully saturated rings. The van der Waals surface area contributed by atoms with Crippen molar-refractivity contribution in [2.24, 2.45) is 11.7 Å². The van der Waals surface area contributed by atoms with Crippen molar-refractivity contribution < 1.29 is 19.5 Å². The van der Waals surface area contributed by atoms with Crippen molar-refractivity contribution in [1.29, 1.82) is 0 Å². The molecule has 0 unspecified atom stereocenters. The van der Waals surface area contributed by atoms with Crippen LogP contribution in [0.25, 0.3) is 0 Å². The molecule has 0 aromatic heterocycles. The molecule has 0 bridgehead atoms. The third kappa shape index (κ3) is 17.6. The molecule has 0 radical (unpaired) electrons. The van der Waals surface area contributed by atoms with E-state index in [9.17, 15) is 9.59 Å². The maximum Gasteiger partial charge on any atom is 0.402 e. The van der Waals surface area contributed by atoms with Crippen molar-refractivity contribution >= 4 is 18.0 Å². The van der Waals surface area contributed by atoms with Crippen LogP contribution >= 0.6 is 0 Å². The quantitative estimate of drug-likeness (QED) is 0.223. The van der Waals surface area contributed by atoms with Gasteiger partial charge in [-0.1, -0.05) is 44.9 Å². The number of rotatable bonds is 12. The third-order valence-electron chi connectivity index (χ3n) is 8.50. The summed E-state index contributed by atoms with van der Waals surface area (Å²) < 4.78 is 0. The van der Waals surface area contributed by atoms with Crippen LogP contribution in [0.3, 0.4) is 0 Å². The highest BCUT2D eigenvalue weighted by Crippen LogP contribution is 2.28. The summed E-state index contributed by atoms with van der Waals surface area (Å²) in [6.07, 6.45) is 19.7. The molecule has 6 N–H and O–H groups in total. The van der Waals surface area contributed by atoms with Gasteiger partial charge in [-0.15, -0.1) is 0 Å². The molecule has 4 rings (SSSR count). The zero-order valence-electron chi connectivity index (χ0n) is 25.0. The summed E-state index contributed by atoms with van der Waals surface area (Å²) in [5, 5.41) is 16.3. The lowest BCUT2D eigenvalue weighted by Crippen LogP contribution is -2.43. The van der Waals surface area contributed by atoms with Gasteiger partial charge in [0.05, 0.1) is 0 Å². The van der Waals surface area contributed by atoms with Crippen LogP contribution in [-0.2, 0) is 4.79 Å². The fourth-order valence-corrected chi connectivity index (χ4v) is 6.25. The molecule has 4 aliphatic rings. The third-order valence-corrected chi connectivity index (χ3v) is 8.50. The van der Waals surface area contributed by atoms with E-state index in [0.717, 1.165) is 70.6 Å². The average molecular weight is 567 g/mol. The topological polar surface area (TPSA) is 140 Å². The Balaban J connectivity index is 0.000000247. The maximum absolute atomic E-state index is 11.7. The van der Waals surface area contributed by atoms with E-state index in [-0.39, 0.29) is 11.9 Å². The highest BCUT2D eigenvalue weighted by molar-refractivity contribution is 5.75. The average Bonchev–Trinajstić information content (AvgIpc) is 3.73. The highest BCUT2D eigenvalue weighted by atomic mass is 16.4. The Labute approximate surface area is 242 Å². The number of hydrogen-bond acceptors (Lipinski definition) is 5. The Hall–Kier alpha value is -2.07. The first-order chi connectivity index (χ1) is 19.4. The van der Waals surface area contributed by atoms with E-state index < -0.39 is 6.09 Å². The Kier molecular flexibility index (Phi) is 18.5. The lowest BCUT2D eigenvalue weighted by atomic mass is 9.96. The molecular weight excluding hydrogens is 508 g/mol. The minimum atomic E-state index is -1.33. The first-order valence-corrected chi connectivity index (χ1v) is 16.2. The van der Waals surface area contributed by atoms with Gasteiger partial charge >= 0.3 is 12.1 Å². The van der Waals surface area contributed by atoms with Crippen LogP contribution < -0.4 is 21.7 Å². The smallest absolute Gasteiger partial charge is 0.402 e. The minimum Gasteiger partial charge on any atom is -0.465 e. The largest absolute Gasteiger partial charge is 0.465 e. The van der Waals surface area contributed by atoms with Gasteiger partial charge in [0.15, 0.2) is 0 Å². The van der Waals surface area contributed by atoms with E-state index in [4.69, 9.17) is 9.90 Å². The van der Waals surface area contributed by atoms with Gasteiger partial charge in [-0.3, -0.25) is 4.79 Å². The molecule has 40 heavy (non-hydrogen) atoms. The summed E-state index contributed by atoms with van der Waals surface area (Å²) in [4.78, 5) is 37.1. The van der Waals surface area contributed by atoms with Crippen LogP contribution in [0, 0.1) is 5.92 Å². The van der Waals surface area contributed by atoms with Crippen molar-refractivity contribution in [2.75, 3.05) is 52.4 Å². The van der Waals surface area contributed by atoms with Gasteiger partial charge in [-0.2, -0.15) is 0 Å². The zero-order valence-corrected chi connectivity index (χ0v) is 25.0. The first kappa shape index (κ1) is 34.1. The standard InChI is InChI=1S/C15H28N2O.C14H27N3O.CH3NO2/c18-15(9-8-14-6-1-2-7-14)16-10-5-13-17-11-3-4-12-17;18-14(16-13-7-2-1-3-8-13)15-9-6-12-17-10-4-5-11-17;2-1(3)4/h14H,1-13H2,(H,16,18);13H,1-12H2,(H2,15,16,18);2H2,(H,3,4). The number of carboxylic acid groups (broad SMARTS) is 1. The Morgan fingerprint density at radius 2 is 1.18 bits per heavy atom. The second kappa shape index (κ2) is 21.6. The van der Waals surface area contributed by atoms with Crippen molar-refractivity contribution in [3.63, 3.8) is 0 Å². The van der Waals surface area contributed by atoms with Crippen molar-refractivity contribution in [2.45, 2.75) is 115 Å². The number of nitrogens with zero attached hydrogens (tertiary/aromatic N) is 2. The van der Waals surface area contributed by atoms with Gasteiger partial charge in [-0.05, 0) is 103 Å². The van der Waals surface area contributed by atoms with Crippen LogP contribution in [0.5, 0.6) is 0 Å². The van der Waals surface area contributed by atoms with Crippen LogP contribution in [0.4, 0.5) is 9.59 Å². The summed E-state index contributed by atoms with van der Waals surface area (Å²) >= 11 is 0. The van der Waals surface area contributed by atoms with Crippen molar-refractivity contribution in [3.05, 3.63) is 0 Å². The molecule has 2 aliphatic heterocycles. The van der Waals surface area contributed by atoms with Gasteiger partial charge in [0, 0.05) is 25.6 Å². The van der Waals surface area contributed by atoms with E-state index in [0.29, 0.717) is 6.04 Å². The molecule has 0 atom stereocenters. The molecule has 4 amide bonds. The molecule has 2 saturated heterocycles. The van der Waals surface area contributed by atoms with Gasteiger partial charge in [0.2, 0.25) is 5.91 Å². The summed E-state index contributed by atoms with van der Waals surface area (Å²) in [5.41, 5.74) is 4.03. The van der Waals surface area contributed by atoms with Crippen LogP contribution in [0.2, 0.25) is 0 Å². The number of amides is 4. The second-order valence-electron chi connectivity index (χ2n) is 11.9. The number of nitrogens with one attached hydrogen (secondary N) is 3. The molecule has 2 saturated carbocycles. The SMILES string of the molecule is NC(=O)O.O=C(CCC1CCCC1)NCCCN1CCCC1.O=C(NCCCN1CCCC1)NC1CCCCC1. The summed E-state index contributed by atoms with van der Waals surface area (Å²) in [7, 11) is 0. The lowest BCUT2D eigenvalue weighted by Gasteiger charge is -2.23. The predicted octanol–water partition coefficient (Wildman–Crippen LogP) is 4.29. The minimum absolute atomic E-state index is 0.0309. The van der Waals surface area contributed by atoms with Crippen LogP contribution in [-0.4, -0.2) is 91.3 Å². The Morgan fingerprint density at radius 1 is 0.700 bits per heavy atom.